The first-order valence-electron chi connectivity index (χ1n) is 12.4. The Balaban J connectivity index is 1.67. The summed E-state index contributed by atoms with van der Waals surface area (Å²) in [5.74, 6) is -21.6. The summed E-state index contributed by atoms with van der Waals surface area (Å²) in [5, 5.41) is 0. The largest absolute Gasteiger partial charge is 0.864 e. The van der Waals surface area contributed by atoms with Gasteiger partial charge in [0.2, 0.25) is 5.82 Å². The van der Waals surface area contributed by atoms with Crippen LogP contribution in [0.25, 0.3) is 22.3 Å². The van der Waals surface area contributed by atoms with Crippen LogP contribution in [0.5, 0.6) is 17.2 Å². The highest BCUT2D eigenvalue weighted by molar-refractivity contribution is 6.40. The predicted molar refractivity (Wildman–Crippen MR) is 137 cm³/mol. The third-order valence-electron chi connectivity index (χ3n) is 6.22. The molecule has 0 aromatic heterocycles. The summed E-state index contributed by atoms with van der Waals surface area (Å²) in [6.45, 7) is 0. The summed E-state index contributed by atoms with van der Waals surface area (Å²) in [6.07, 6.45) is 0. The summed E-state index contributed by atoms with van der Waals surface area (Å²) < 4.78 is 174. The van der Waals surface area contributed by atoms with Crippen molar-refractivity contribution in [3.05, 3.63) is 137 Å². The average Bonchev–Trinajstić information content (AvgIpc) is 3.01. The highest BCUT2D eigenvalue weighted by Gasteiger charge is 2.36. The van der Waals surface area contributed by atoms with Gasteiger partial charge in [-0.3, -0.25) is 0 Å². The molecule has 0 unspecified atom stereocenters. The molecule has 0 radical (unpaired) electrons. The fraction of sp³-hybridized carbons (Fsp3) is 0. The van der Waals surface area contributed by atoms with Crippen LogP contribution >= 0.6 is 0 Å². The topological polar surface area (TPSA) is 27.7 Å². The lowest BCUT2D eigenvalue weighted by atomic mass is 10.0. The lowest BCUT2D eigenvalue weighted by molar-refractivity contribution is 0.294. The number of hydrogen-bond acceptors (Lipinski definition) is 3. The van der Waals surface area contributed by atoms with Gasteiger partial charge in [0, 0.05) is 11.1 Å². The molecule has 45 heavy (non-hydrogen) atoms. The molecular weight excluding hydrogens is 628 g/mol. The van der Waals surface area contributed by atoms with Crippen LogP contribution in [0.3, 0.4) is 0 Å². The molecule has 15 heteroatoms. The van der Waals surface area contributed by atoms with Crippen LogP contribution in [0.15, 0.2) is 72.8 Å². The Labute approximate surface area is 246 Å². The molecule has 0 saturated heterocycles. The van der Waals surface area contributed by atoms with Crippen molar-refractivity contribution in [2.24, 2.45) is 0 Å². The maximum absolute atomic E-state index is 15.0. The molecule has 0 aliphatic heterocycles. The van der Waals surface area contributed by atoms with Crippen LogP contribution in [-0.4, -0.2) is 7.32 Å². The monoisotopic (exact) mass is 640 g/mol. The Bertz CT molecular complexity index is 1830. The zero-order chi connectivity index (χ0) is 32.6. The molecule has 0 saturated carbocycles. The van der Waals surface area contributed by atoms with E-state index in [-0.39, 0.29) is 0 Å². The van der Waals surface area contributed by atoms with Crippen molar-refractivity contribution in [3.63, 3.8) is 0 Å². The number of hydrogen-bond donors (Lipinski definition) is 0. The summed E-state index contributed by atoms with van der Waals surface area (Å²) >= 11 is 0. The zero-order valence-corrected chi connectivity index (χ0v) is 21.9. The van der Waals surface area contributed by atoms with Crippen molar-refractivity contribution in [1.82, 2.24) is 0 Å². The van der Waals surface area contributed by atoms with Gasteiger partial charge in [0.25, 0.3) is 0 Å². The van der Waals surface area contributed by atoms with E-state index < -0.39 is 111 Å². The Morgan fingerprint density at radius 1 is 0.333 bits per heavy atom. The van der Waals surface area contributed by atoms with E-state index in [9.17, 15) is 39.5 Å². The van der Waals surface area contributed by atoms with Crippen molar-refractivity contribution in [2.75, 3.05) is 0 Å². The minimum Gasteiger partial charge on any atom is -0.489 e. The Morgan fingerprint density at radius 3 is 1.13 bits per heavy atom. The van der Waals surface area contributed by atoms with E-state index >= 15 is 8.78 Å². The van der Waals surface area contributed by atoms with Gasteiger partial charge >= 0.3 is 7.32 Å². The summed E-state index contributed by atoms with van der Waals surface area (Å²) in [5.41, 5.74) is -3.93. The van der Waals surface area contributed by atoms with E-state index in [0.29, 0.717) is 48.5 Å². The Hall–Kier alpha value is -5.21. The highest BCUT2D eigenvalue weighted by Crippen LogP contribution is 2.39. The summed E-state index contributed by atoms with van der Waals surface area (Å²) in [7, 11) is -2.59. The van der Waals surface area contributed by atoms with Crippen LogP contribution in [0.2, 0.25) is 0 Å². The molecular formula is C30H12BF11O3. The number of benzene rings is 5. The Kier molecular flexibility index (Phi) is 8.62. The minimum atomic E-state index is -2.59. The number of rotatable bonds is 8. The molecule has 0 atom stereocenters. The van der Waals surface area contributed by atoms with Crippen LogP contribution in [0, 0.1) is 64.0 Å². The fourth-order valence-corrected chi connectivity index (χ4v) is 4.14. The quantitative estimate of drug-likeness (QED) is 0.0963. The van der Waals surface area contributed by atoms with Gasteiger partial charge in [-0.1, -0.05) is 24.3 Å². The van der Waals surface area contributed by atoms with E-state index in [2.05, 4.69) is 0 Å². The lowest BCUT2D eigenvalue weighted by Crippen LogP contribution is -2.38. The SMILES string of the molecule is Fc1cccc(-c2c(OB(Oc3ccc(F)c(F)c3F)Oc3ccc(F)c(F)c3-c3cccc(F)c3F)ccc(F)c2F)c1F. The second-order valence-corrected chi connectivity index (χ2v) is 8.99. The van der Waals surface area contributed by atoms with Gasteiger partial charge in [0.05, 0.1) is 11.1 Å². The maximum atomic E-state index is 15.0. The van der Waals surface area contributed by atoms with Gasteiger partial charge in [-0.05, 0) is 48.5 Å². The molecule has 0 fully saturated rings. The van der Waals surface area contributed by atoms with Gasteiger partial charge < -0.3 is 14.0 Å². The lowest BCUT2D eigenvalue weighted by Gasteiger charge is -2.21. The Morgan fingerprint density at radius 2 is 0.689 bits per heavy atom. The molecule has 0 aliphatic rings. The van der Waals surface area contributed by atoms with Crippen molar-refractivity contribution in [1.29, 1.82) is 0 Å². The molecule has 0 bridgehead atoms. The van der Waals surface area contributed by atoms with Crippen LogP contribution < -0.4 is 14.0 Å². The fourth-order valence-electron chi connectivity index (χ4n) is 4.14. The van der Waals surface area contributed by atoms with Crippen molar-refractivity contribution >= 4 is 7.32 Å². The van der Waals surface area contributed by atoms with Crippen LogP contribution in [-0.2, 0) is 0 Å². The second kappa shape index (κ2) is 12.4. The van der Waals surface area contributed by atoms with E-state index in [1.54, 1.807) is 0 Å². The predicted octanol–water partition coefficient (Wildman–Crippen LogP) is 9.07. The van der Waals surface area contributed by atoms with Crippen LogP contribution in [0.1, 0.15) is 0 Å². The smallest absolute Gasteiger partial charge is 0.489 e. The van der Waals surface area contributed by atoms with Gasteiger partial charge in [-0.2, -0.15) is 4.39 Å². The molecule has 230 valence electrons. The normalized spacial score (nSPS) is 11.0. The molecule has 0 heterocycles. The summed E-state index contributed by atoms with van der Waals surface area (Å²) in [6, 6.07) is 8.04. The van der Waals surface area contributed by atoms with E-state index in [1.165, 1.54) is 0 Å². The van der Waals surface area contributed by atoms with E-state index in [4.69, 9.17) is 14.0 Å². The minimum absolute atomic E-state index is 0.404. The molecule has 0 amide bonds. The molecule has 0 spiro atoms. The molecule has 5 aromatic carbocycles. The van der Waals surface area contributed by atoms with Gasteiger partial charge in [0.1, 0.15) is 17.2 Å². The van der Waals surface area contributed by atoms with Crippen LogP contribution in [0.4, 0.5) is 48.3 Å². The van der Waals surface area contributed by atoms with Crippen molar-refractivity contribution in [3.8, 4) is 39.5 Å². The van der Waals surface area contributed by atoms with E-state index in [1.807, 2.05) is 0 Å². The third kappa shape index (κ3) is 5.97. The zero-order valence-electron chi connectivity index (χ0n) is 21.9. The molecule has 0 aliphatic carbocycles. The molecule has 5 aromatic rings. The maximum Gasteiger partial charge on any atom is 0.864 e. The first kappa shape index (κ1) is 31.2. The van der Waals surface area contributed by atoms with Crippen molar-refractivity contribution in [2.45, 2.75) is 0 Å². The number of halogens is 11. The van der Waals surface area contributed by atoms with E-state index in [0.717, 1.165) is 24.3 Å². The first-order chi connectivity index (χ1) is 21.4. The van der Waals surface area contributed by atoms with Crippen molar-refractivity contribution < 1.29 is 62.3 Å². The molecule has 3 nitrogen and oxygen atoms in total. The average molecular weight is 640 g/mol. The van der Waals surface area contributed by atoms with Gasteiger partial charge in [-0.15, -0.1) is 0 Å². The highest BCUT2D eigenvalue weighted by atomic mass is 19.2. The third-order valence-corrected chi connectivity index (χ3v) is 6.22. The molecule has 5 rings (SSSR count). The standard InChI is InChI=1S/C30H12BF11O3/c32-15-5-1-3-13(25(15)37)23-20(10-7-17(34)27(23)39)43-31(45-22-12-9-19(36)29(41)30(22)42)44-21-11-8-18(35)28(40)24(21)14-4-2-6-16(33)26(14)38/h1-12H. The van der Waals surface area contributed by atoms with Gasteiger partial charge in [0.15, 0.2) is 58.2 Å². The summed E-state index contributed by atoms with van der Waals surface area (Å²) in [4.78, 5) is 0. The first-order valence-corrected chi connectivity index (χ1v) is 12.4. The second-order valence-electron chi connectivity index (χ2n) is 8.99. The van der Waals surface area contributed by atoms with Gasteiger partial charge in [-0.25, -0.2) is 43.9 Å². The molecule has 0 N–H and O–H groups in total.